The van der Waals surface area contributed by atoms with Gasteiger partial charge in [-0.15, -0.1) is 0 Å². The summed E-state index contributed by atoms with van der Waals surface area (Å²) in [5, 5.41) is 0. The first-order chi connectivity index (χ1) is 6.02. The molecule has 0 radical (unpaired) electrons. The Hall–Kier alpha value is 0.580. The maximum atomic E-state index is 12.6. The molecule has 1 aromatic heterocycles. The molecule has 0 aromatic carbocycles. The van der Waals surface area contributed by atoms with Gasteiger partial charge >= 0.3 is 0 Å². The molecule has 0 N–H and O–H groups in total. The fraction of sp³-hybridized carbons (Fsp3) is 0.571. The third-order valence-corrected chi connectivity index (χ3v) is 4.06. The molecule has 1 aromatic rings. The number of imidazole rings is 1. The van der Waals surface area contributed by atoms with Crippen LogP contribution >= 0.6 is 47.8 Å². The van der Waals surface area contributed by atoms with Crippen LogP contribution in [0.25, 0.3) is 0 Å². The monoisotopic (exact) mass is 376 g/mol. The Bertz CT molecular complexity index is 298. The van der Waals surface area contributed by atoms with E-state index in [0.29, 0.717) is 17.7 Å². The van der Waals surface area contributed by atoms with Gasteiger partial charge in [0.15, 0.2) is 4.73 Å². The number of alkyl halides is 1. The third-order valence-electron chi connectivity index (χ3n) is 1.57. The summed E-state index contributed by atoms with van der Waals surface area (Å²) in [4.78, 5) is 4.12. The van der Waals surface area contributed by atoms with Crippen LogP contribution in [0.5, 0.6) is 0 Å². The summed E-state index contributed by atoms with van der Waals surface area (Å²) in [6, 6.07) is 0. The Morgan fingerprint density at radius 2 is 2.08 bits per heavy atom. The van der Waals surface area contributed by atoms with Crippen molar-refractivity contribution in [1.29, 1.82) is 0 Å². The standard InChI is InChI=1S/C7H8Br3FN2/c1-4(11)2-3-13-6(9)5(8)12-7(13)10/h4H,2-3H2,1H3. The normalized spacial score (nSPS) is 13.3. The molecule has 0 aliphatic carbocycles. The highest BCUT2D eigenvalue weighted by molar-refractivity contribution is 9.13. The molecular weight excluding hydrogens is 371 g/mol. The van der Waals surface area contributed by atoms with Crippen LogP contribution in [0, 0.1) is 0 Å². The van der Waals surface area contributed by atoms with Crippen molar-refractivity contribution >= 4 is 47.8 Å². The van der Waals surface area contributed by atoms with Crippen LogP contribution in [0.3, 0.4) is 0 Å². The van der Waals surface area contributed by atoms with Crippen LogP contribution in [0.4, 0.5) is 4.39 Å². The molecule has 0 spiro atoms. The van der Waals surface area contributed by atoms with Crippen LogP contribution in [0.1, 0.15) is 13.3 Å². The van der Waals surface area contributed by atoms with E-state index in [1.807, 2.05) is 4.57 Å². The maximum absolute atomic E-state index is 12.6. The molecule has 1 rings (SSSR count). The Kier molecular flexibility index (Phi) is 4.38. The largest absolute Gasteiger partial charge is 0.312 e. The minimum atomic E-state index is -0.792. The minimum absolute atomic E-state index is 0.486. The van der Waals surface area contributed by atoms with Gasteiger partial charge in [-0.25, -0.2) is 9.37 Å². The second-order valence-corrected chi connectivity index (χ2v) is 4.90. The lowest BCUT2D eigenvalue weighted by molar-refractivity contribution is 0.324. The smallest absolute Gasteiger partial charge is 0.179 e. The van der Waals surface area contributed by atoms with Crippen molar-refractivity contribution in [1.82, 2.24) is 9.55 Å². The average Bonchev–Trinajstić information content (AvgIpc) is 2.24. The molecule has 0 saturated carbocycles. The summed E-state index contributed by atoms with van der Waals surface area (Å²) < 4.78 is 16.7. The quantitative estimate of drug-likeness (QED) is 0.779. The summed E-state index contributed by atoms with van der Waals surface area (Å²) in [6.07, 6.45) is -0.306. The Balaban J connectivity index is 2.76. The second-order valence-electron chi connectivity index (χ2n) is 2.68. The van der Waals surface area contributed by atoms with E-state index in [1.54, 1.807) is 6.92 Å². The van der Waals surface area contributed by atoms with E-state index in [0.717, 1.165) is 9.21 Å². The zero-order valence-electron chi connectivity index (χ0n) is 6.90. The fourth-order valence-corrected chi connectivity index (χ4v) is 2.70. The molecule has 1 atom stereocenters. The molecular formula is C7H8Br3FN2. The SMILES string of the molecule is CC(F)CCn1c(Br)nc(Br)c1Br. The molecule has 2 nitrogen and oxygen atoms in total. The molecule has 1 heterocycles. The van der Waals surface area contributed by atoms with Crippen molar-refractivity contribution in [3.05, 3.63) is 13.9 Å². The number of aromatic nitrogens is 2. The first-order valence-electron chi connectivity index (χ1n) is 3.73. The van der Waals surface area contributed by atoms with Crippen LogP contribution < -0.4 is 0 Å². The van der Waals surface area contributed by atoms with Gasteiger partial charge in [-0.3, -0.25) is 0 Å². The van der Waals surface area contributed by atoms with E-state index in [-0.39, 0.29) is 0 Å². The van der Waals surface area contributed by atoms with Gasteiger partial charge in [-0.05, 0) is 61.1 Å². The second kappa shape index (κ2) is 4.89. The number of rotatable bonds is 3. The summed E-state index contributed by atoms with van der Waals surface area (Å²) in [5.74, 6) is 0. The lowest BCUT2D eigenvalue weighted by Gasteiger charge is -2.05. The lowest BCUT2D eigenvalue weighted by atomic mass is 10.3. The van der Waals surface area contributed by atoms with E-state index < -0.39 is 6.17 Å². The molecule has 0 saturated heterocycles. The first kappa shape index (κ1) is 11.7. The van der Waals surface area contributed by atoms with Crippen LogP contribution in [-0.2, 0) is 6.54 Å². The molecule has 0 fully saturated rings. The van der Waals surface area contributed by atoms with Crippen molar-refractivity contribution in [2.45, 2.75) is 26.1 Å². The highest BCUT2D eigenvalue weighted by atomic mass is 79.9. The van der Waals surface area contributed by atoms with E-state index >= 15 is 0 Å². The van der Waals surface area contributed by atoms with Crippen molar-refractivity contribution in [3.8, 4) is 0 Å². The van der Waals surface area contributed by atoms with Crippen LogP contribution in [-0.4, -0.2) is 15.7 Å². The zero-order valence-corrected chi connectivity index (χ0v) is 11.7. The van der Waals surface area contributed by atoms with E-state index in [9.17, 15) is 4.39 Å². The van der Waals surface area contributed by atoms with Crippen molar-refractivity contribution in [3.63, 3.8) is 0 Å². The molecule has 13 heavy (non-hydrogen) atoms. The predicted molar refractivity (Wildman–Crippen MR) is 60.5 cm³/mol. The Labute approximate surface area is 101 Å². The van der Waals surface area contributed by atoms with E-state index in [1.165, 1.54) is 0 Å². The van der Waals surface area contributed by atoms with E-state index in [4.69, 9.17) is 0 Å². The molecule has 1 unspecified atom stereocenters. The van der Waals surface area contributed by atoms with Crippen molar-refractivity contribution in [2.75, 3.05) is 0 Å². The molecule has 0 amide bonds. The summed E-state index contributed by atoms with van der Waals surface area (Å²) in [6.45, 7) is 2.16. The van der Waals surface area contributed by atoms with Gasteiger partial charge in [0.2, 0.25) is 0 Å². The topological polar surface area (TPSA) is 17.8 Å². The van der Waals surface area contributed by atoms with Gasteiger partial charge in [0.1, 0.15) is 9.21 Å². The highest BCUT2D eigenvalue weighted by Crippen LogP contribution is 2.27. The van der Waals surface area contributed by atoms with Gasteiger partial charge in [-0.2, -0.15) is 0 Å². The van der Waals surface area contributed by atoms with Gasteiger partial charge in [-0.1, -0.05) is 0 Å². The molecule has 6 heteroatoms. The fourth-order valence-electron chi connectivity index (χ4n) is 0.877. The van der Waals surface area contributed by atoms with Crippen molar-refractivity contribution < 1.29 is 4.39 Å². The van der Waals surface area contributed by atoms with Crippen LogP contribution in [0.15, 0.2) is 13.9 Å². The third kappa shape index (κ3) is 3.02. The average molecular weight is 379 g/mol. The van der Waals surface area contributed by atoms with Gasteiger partial charge in [0.05, 0.1) is 6.17 Å². The number of halogens is 4. The summed E-state index contributed by atoms with van der Waals surface area (Å²) >= 11 is 9.91. The Morgan fingerprint density at radius 3 is 2.46 bits per heavy atom. The number of hydrogen-bond donors (Lipinski definition) is 0. The molecule has 0 aliphatic rings. The van der Waals surface area contributed by atoms with Crippen LogP contribution in [0.2, 0.25) is 0 Å². The lowest BCUT2D eigenvalue weighted by Crippen LogP contribution is -2.04. The first-order valence-corrected chi connectivity index (χ1v) is 6.11. The van der Waals surface area contributed by atoms with Gasteiger partial charge < -0.3 is 4.57 Å². The number of hydrogen-bond acceptors (Lipinski definition) is 1. The predicted octanol–water partition coefficient (Wildman–Crippen LogP) is 3.92. The van der Waals surface area contributed by atoms with Crippen molar-refractivity contribution in [2.24, 2.45) is 0 Å². The molecule has 0 bridgehead atoms. The number of nitrogens with zero attached hydrogens (tertiary/aromatic N) is 2. The zero-order chi connectivity index (χ0) is 10.0. The highest BCUT2D eigenvalue weighted by Gasteiger charge is 2.11. The molecule has 0 aliphatic heterocycles. The Morgan fingerprint density at radius 1 is 1.46 bits per heavy atom. The summed E-state index contributed by atoms with van der Waals surface area (Å²) in [5.41, 5.74) is 0. The summed E-state index contributed by atoms with van der Waals surface area (Å²) in [7, 11) is 0. The van der Waals surface area contributed by atoms with E-state index in [2.05, 4.69) is 52.8 Å². The van der Waals surface area contributed by atoms with Gasteiger partial charge in [0.25, 0.3) is 0 Å². The maximum Gasteiger partial charge on any atom is 0.179 e. The molecule has 74 valence electrons. The van der Waals surface area contributed by atoms with Gasteiger partial charge in [0, 0.05) is 6.54 Å². The minimum Gasteiger partial charge on any atom is -0.312 e.